The highest BCUT2D eigenvalue weighted by Crippen LogP contribution is 2.43. The second-order valence-electron chi connectivity index (χ2n) is 4.64. The Morgan fingerprint density at radius 3 is 2.57 bits per heavy atom. The van der Waals surface area contributed by atoms with Gasteiger partial charge in [0.25, 0.3) is 5.91 Å². The second-order valence-corrected chi connectivity index (χ2v) is 5.82. The fourth-order valence-corrected chi connectivity index (χ4v) is 3.29. The third-order valence-electron chi connectivity index (χ3n) is 3.21. The molecule has 5 nitrogen and oxygen atoms in total. The summed E-state index contributed by atoms with van der Waals surface area (Å²) in [7, 11) is 0. The monoisotopic (exact) mass is 314 g/mol. The number of hydrogen-bond acceptors (Lipinski definition) is 5. The van der Waals surface area contributed by atoms with Crippen molar-refractivity contribution in [2.24, 2.45) is 11.5 Å². The molecule has 9 heteroatoms. The first-order chi connectivity index (χ1) is 9.70. The highest BCUT2D eigenvalue weighted by atomic mass is 32.1. The topological polar surface area (TPSA) is 94.9 Å². The van der Waals surface area contributed by atoms with Crippen LogP contribution in [-0.4, -0.2) is 15.9 Å². The number of rotatable bonds is 1. The Bertz CT molecular complexity index is 822. The third-order valence-corrected chi connectivity index (χ3v) is 4.07. The number of carbonyl (C=O) groups is 1. The van der Waals surface area contributed by atoms with Gasteiger partial charge >= 0.3 is 6.18 Å². The minimum Gasteiger partial charge on any atom is -0.401 e. The van der Waals surface area contributed by atoms with E-state index in [1.54, 1.807) is 6.92 Å². The normalized spacial score (nSPS) is 14.9. The van der Waals surface area contributed by atoms with Crippen LogP contribution in [-0.2, 0) is 17.4 Å². The number of aromatic nitrogens is 2. The number of aryl methyl sites for hydroxylation is 1. The lowest BCUT2D eigenvalue weighted by Gasteiger charge is -2.12. The van der Waals surface area contributed by atoms with Crippen LogP contribution in [0.4, 0.5) is 13.2 Å². The molecule has 0 unspecified atom stereocenters. The zero-order valence-electron chi connectivity index (χ0n) is 10.7. The van der Waals surface area contributed by atoms with Gasteiger partial charge in [-0.25, -0.2) is 9.97 Å². The lowest BCUT2D eigenvalue weighted by atomic mass is 10.0. The number of pyridine rings is 1. The number of hydrogen-bond donors (Lipinski definition) is 2. The lowest BCUT2D eigenvalue weighted by molar-refractivity contribution is -0.141. The van der Waals surface area contributed by atoms with Crippen molar-refractivity contribution < 1.29 is 18.0 Å². The van der Waals surface area contributed by atoms with Crippen LogP contribution in [0, 0.1) is 6.92 Å². The zero-order chi connectivity index (χ0) is 15.5. The summed E-state index contributed by atoms with van der Waals surface area (Å²) in [6.07, 6.45) is -4.69. The summed E-state index contributed by atoms with van der Waals surface area (Å²) in [5.74, 6) is -0.996. The zero-order valence-corrected chi connectivity index (χ0v) is 11.5. The molecule has 2 heterocycles. The van der Waals surface area contributed by atoms with E-state index in [0.717, 1.165) is 11.3 Å². The number of nitrogens with two attached hydrogens (primary N) is 2. The first-order valence-electron chi connectivity index (χ1n) is 5.86. The van der Waals surface area contributed by atoms with Crippen LogP contribution >= 0.6 is 11.3 Å². The Balaban J connectivity index is 2.45. The van der Waals surface area contributed by atoms with Gasteiger partial charge < -0.3 is 11.5 Å². The number of nitrogens with zero attached hydrogens (tertiary/aromatic N) is 2. The van der Waals surface area contributed by atoms with Crippen LogP contribution < -0.4 is 11.5 Å². The van der Waals surface area contributed by atoms with Crippen molar-refractivity contribution >= 4 is 33.2 Å². The molecule has 0 atom stereocenters. The van der Waals surface area contributed by atoms with Crippen molar-refractivity contribution in [2.75, 3.05) is 0 Å². The smallest absolute Gasteiger partial charge is 0.401 e. The Hall–Kier alpha value is -2.16. The Morgan fingerprint density at radius 2 is 2.00 bits per heavy atom. The number of alkyl halides is 3. The summed E-state index contributed by atoms with van der Waals surface area (Å²) in [5.41, 5.74) is 9.73. The summed E-state index contributed by atoms with van der Waals surface area (Å²) >= 11 is 1.06. The molecule has 1 aliphatic carbocycles. The van der Waals surface area contributed by atoms with Crippen LogP contribution in [0.15, 0.2) is 5.70 Å². The molecule has 1 aliphatic rings. The molecule has 2 aromatic heterocycles. The number of fused-ring (bicyclic) bond motifs is 3. The molecule has 0 aromatic carbocycles. The number of thiazole rings is 1. The largest absolute Gasteiger partial charge is 0.434 e. The summed E-state index contributed by atoms with van der Waals surface area (Å²) in [4.78, 5) is 19.5. The minimum absolute atomic E-state index is 0.0128. The summed E-state index contributed by atoms with van der Waals surface area (Å²) in [6, 6.07) is 0. The van der Waals surface area contributed by atoms with E-state index < -0.39 is 17.8 Å². The maximum atomic E-state index is 13.2. The molecular weight excluding hydrogens is 305 g/mol. The molecule has 0 radical (unpaired) electrons. The van der Waals surface area contributed by atoms with E-state index in [9.17, 15) is 18.0 Å². The molecule has 1 amide bonds. The first kappa shape index (κ1) is 13.8. The van der Waals surface area contributed by atoms with E-state index in [1.165, 1.54) is 0 Å². The fourth-order valence-electron chi connectivity index (χ4n) is 2.47. The van der Waals surface area contributed by atoms with Crippen molar-refractivity contribution in [1.29, 1.82) is 0 Å². The molecule has 0 bridgehead atoms. The molecule has 0 saturated carbocycles. The van der Waals surface area contributed by atoms with E-state index >= 15 is 0 Å². The van der Waals surface area contributed by atoms with Gasteiger partial charge in [-0.1, -0.05) is 11.3 Å². The van der Waals surface area contributed by atoms with Crippen LogP contribution in [0.2, 0.25) is 0 Å². The number of halogens is 3. The molecule has 0 fully saturated rings. The van der Waals surface area contributed by atoms with Crippen molar-refractivity contribution in [3.63, 3.8) is 0 Å². The third kappa shape index (κ3) is 1.96. The van der Waals surface area contributed by atoms with E-state index in [1.807, 2.05) is 0 Å². The second kappa shape index (κ2) is 4.17. The van der Waals surface area contributed by atoms with Gasteiger partial charge in [-0.2, -0.15) is 13.2 Å². The van der Waals surface area contributed by atoms with Gasteiger partial charge in [0.2, 0.25) is 0 Å². The minimum atomic E-state index is -4.71. The maximum Gasteiger partial charge on any atom is 0.434 e. The lowest BCUT2D eigenvalue weighted by Crippen LogP contribution is -2.19. The molecule has 21 heavy (non-hydrogen) atoms. The van der Waals surface area contributed by atoms with Crippen LogP contribution in [0.25, 0.3) is 15.9 Å². The quantitative estimate of drug-likeness (QED) is 0.838. The van der Waals surface area contributed by atoms with E-state index in [4.69, 9.17) is 11.5 Å². The number of carbonyl (C=O) groups excluding carboxylic acids is 1. The number of primary amides is 1. The van der Waals surface area contributed by atoms with Gasteiger partial charge in [0.15, 0.2) is 5.69 Å². The predicted molar refractivity (Wildman–Crippen MR) is 71.2 cm³/mol. The van der Waals surface area contributed by atoms with Gasteiger partial charge in [-0.05, 0) is 12.5 Å². The van der Waals surface area contributed by atoms with Crippen LogP contribution in [0.3, 0.4) is 0 Å². The van der Waals surface area contributed by atoms with Gasteiger partial charge in [0.05, 0.1) is 10.6 Å². The summed E-state index contributed by atoms with van der Waals surface area (Å²) in [6.45, 7) is 1.67. The van der Waals surface area contributed by atoms with E-state index in [2.05, 4.69) is 9.97 Å². The SMILES string of the molecule is Cc1nc2c3c(c(C(F)(F)F)nc2s1)C(C(N)=O)=C(N)C3. The van der Waals surface area contributed by atoms with Crippen molar-refractivity contribution in [2.45, 2.75) is 19.5 Å². The van der Waals surface area contributed by atoms with Crippen LogP contribution in [0.5, 0.6) is 0 Å². The molecular formula is C12H9F3N4OS. The van der Waals surface area contributed by atoms with E-state index in [-0.39, 0.29) is 33.6 Å². The molecule has 2 aromatic rings. The summed E-state index contributed by atoms with van der Waals surface area (Å²) in [5, 5.41) is 0.588. The molecule has 0 saturated heterocycles. The standard InChI is InChI=1S/C12H9F3N4OS/c1-3-18-8-4-2-5(16)7(10(17)20)6(4)9(12(13,14)15)19-11(8)21-3/h2,16H2,1H3,(H2,17,20). The Labute approximate surface area is 120 Å². The maximum absolute atomic E-state index is 13.2. The first-order valence-corrected chi connectivity index (χ1v) is 6.67. The van der Waals surface area contributed by atoms with Crippen molar-refractivity contribution in [1.82, 2.24) is 9.97 Å². The summed E-state index contributed by atoms with van der Waals surface area (Å²) < 4.78 is 39.7. The van der Waals surface area contributed by atoms with Crippen LogP contribution in [0.1, 0.15) is 21.8 Å². The highest BCUT2D eigenvalue weighted by molar-refractivity contribution is 7.18. The van der Waals surface area contributed by atoms with Gasteiger partial charge in [-0.3, -0.25) is 4.79 Å². The molecule has 4 N–H and O–H groups in total. The number of allylic oxidation sites excluding steroid dienone is 1. The van der Waals surface area contributed by atoms with Crippen molar-refractivity contribution in [3.8, 4) is 0 Å². The molecule has 3 rings (SSSR count). The number of amides is 1. The Morgan fingerprint density at radius 1 is 1.33 bits per heavy atom. The average molecular weight is 314 g/mol. The molecule has 0 spiro atoms. The van der Waals surface area contributed by atoms with Gasteiger partial charge in [-0.15, -0.1) is 0 Å². The van der Waals surface area contributed by atoms with Gasteiger partial charge in [0.1, 0.15) is 10.3 Å². The molecule has 0 aliphatic heterocycles. The highest BCUT2D eigenvalue weighted by Gasteiger charge is 2.42. The van der Waals surface area contributed by atoms with E-state index in [0.29, 0.717) is 10.5 Å². The van der Waals surface area contributed by atoms with Gasteiger partial charge in [0, 0.05) is 17.7 Å². The van der Waals surface area contributed by atoms with Crippen molar-refractivity contribution in [3.05, 3.63) is 27.5 Å². The predicted octanol–water partition coefficient (Wildman–Crippen LogP) is 1.73. The molecule has 110 valence electrons. The Kier molecular flexibility index (Phi) is 2.74. The fraction of sp³-hybridized carbons (Fsp3) is 0.250. The average Bonchev–Trinajstić information content (AvgIpc) is 2.85.